The van der Waals surface area contributed by atoms with E-state index in [4.69, 9.17) is 12.2 Å². The monoisotopic (exact) mass is 175 g/mol. The van der Waals surface area contributed by atoms with Gasteiger partial charge >= 0.3 is 0 Å². The van der Waals surface area contributed by atoms with Crippen LogP contribution in [0.1, 0.15) is 20.8 Å². The predicted molar refractivity (Wildman–Crippen MR) is 51.4 cm³/mol. The molecule has 0 aliphatic carbocycles. The van der Waals surface area contributed by atoms with Crippen LogP contribution >= 0.6 is 24.0 Å². The summed E-state index contributed by atoms with van der Waals surface area (Å²) in [5, 5.41) is 3.29. The molecule has 0 spiro atoms. The zero-order chi connectivity index (χ0) is 7.78. The van der Waals surface area contributed by atoms with Gasteiger partial charge in [-0.1, -0.05) is 44.8 Å². The zero-order valence-corrected chi connectivity index (χ0v) is 8.23. The fourth-order valence-electron chi connectivity index (χ4n) is 0.851. The molecule has 0 bridgehead atoms. The minimum Gasteiger partial charge on any atom is -0.367 e. The average molecular weight is 175 g/mol. The fourth-order valence-corrected chi connectivity index (χ4v) is 2.32. The number of thiocarbonyl (C=S) groups is 1. The van der Waals surface area contributed by atoms with E-state index in [1.54, 1.807) is 11.8 Å². The van der Waals surface area contributed by atoms with Crippen LogP contribution in [0, 0.1) is 5.41 Å². The summed E-state index contributed by atoms with van der Waals surface area (Å²) in [5.74, 6) is 1.13. The molecule has 1 aliphatic heterocycles. The Morgan fingerprint density at radius 3 is 2.40 bits per heavy atom. The molecule has 1 saturated heterocycles. The lowest BCUT2D eigenvalue weighted by Crippen LogP contribution is -2.38. The molecule has 0 saturated carbocycles. The molecular formula is C7H13NS2. The summed E-state index contributed by atoms with van der Waals surface area (Å²) in [6, 6.07) is 0.560. The summed E-state index contributed by atoms with van der Waals surface area (Å²) in [5.41, 5.74) is 0.341. The summed E-state index contributed by atoms with van der Waals surface area (Å²) < 4.78 is 0.958. The van der Waals surface area contributed by atoms with Crippen LogP contribution in [-0.4, -0.2) is 16.1 Å². The largest absolute Gasteiger partial charge is 0.367 e. The van der Waals surface area contributed by atoms with Gasteiger partial charge in [-0.25, -0.2) is 0 Å². The molecule has 1 aliphatic rings. The van der Waals surface area contributed by atoms with Crippen molar-refractivity contribution in [3.63, 3.8) is 0 Å². The molecule has 0 aromatic carbocycles. The molecule has 0 aromatic heterocycles. The third kappa shape index (κ3) is 1.86. The van der Waals surface area contributed by atoms with Crippen molar-refractivity contribution >= 4 is 28.3 Å². The van der Waals surface area contributed by atoms with Crippen molar-refractivity contribution in [3.05, 3.63) is 0 Å². The van der Waals surface area contributed by atoms with Crippen molar-refractivity contribution < 1.29 is 0 Å². The first-order chi connectivity index (χ1) is 4.50. The third-order valence-electron chi connectivity index (χ3n) is 1.72. The van der Waals surface area contributed by atoms with Gasteiger partial charge in [0.15, 0.2) is 0 Å². The van der Waals surface area contributed by atoms with E-state index < -0.39 is 0 Å². The van der Waals surface area contributed by atoms with Crippen molar-refractivity contribution in [2.24, 2.45) is 5.41 Å². The Labute approximate surface area is 72.0 Å². The second-order valence-corrected chi connectivity index (χ2v) is 5.36. The highest BCUT2D eigenvalue weighted by Crippen LogP contribution is 2.27. The molecule has 1 rings (SSSR count). The second-order valence-electron chi connectivity index (χ2n) is 3.66. The van der Waals surface area contributed by atoms with Gasteiger partial charge in [0.2, 0.25) is 0 Å². The summed E-state index contributed by atoms with van der Waals surface area (Å²) in [6.07, 6.45) is 0. The quantitative estimate of drug-likeness (QED) is 0.566. The van der Waals surface area contributed by atoms with Gasteiger partial charge in [-0.15, -0.1) is 0 Å². The number of hydrogen-bond acceptors (Lipinski definition) is 2. The van der Waals surface area contributed by atoms with Crippen LogP contribution in [0.15, 0.2) is 0 Å². The van der Waals surface area contributed by atoms with E-state index in [2.05, 4.69) is 26.1 Å². The van der Waals surface area contributed by atoms with Gasteiger partial charge in [0, 0.05) is 11.8 Å². The van der Waals surface area contributed by atoms with Crippen LogP contribution in [-0.2, 0) is 0 Å². The Hall–Kier alpha value is 0.240. The second kappa shape index (κ2) is 2.70. The van der Waals surface area contributed by atoms with E-state index in [1.165, 1.54) is 0 Å². The number of hydrogen-bond donors (Lipinski definition) is 1. The van der Waals surface area contributed by atoms with E-state index in [0.717, 1.165) is 10.1 Å². The SMILES string of the molecule is CC(C)(C)[C@@H]1CSC(=S)N1. The molecule has 3 heteroatoms. The van der Waals surface area contributed by atoms with Gasteiger partial charge in [-0.3, -0.25) is 0 Å². The standard InChI is InChI=1S/C7H13NS2/c1-7(2,3)5-4-10-6(9)8-5/h5H,4H2,1-3H3,(H,8,9)/t5-/m0/s1. The lowest BCUT2D eigenvalue weighted by molar-refractivity contribution is 0.326. The van der Waals surface area contributed by atoms with Crippen LogP contribution in [0.4, 0.5) is 0 Å². The first kappa shape index (κ1) is 8.34. The smallest absolute Gasteiger partial charge is 0.134 e. The zero-order valence-electron chi connectivity index (χ0n) is 6.60. The molecule has 1 N–H and O–H groups in total. The summed E-state index contributed by atoms with van der Waals surface area (Å²) >= 11 is 6.77. The van der Waals surface area contributed by atoms with Gasteiger partial charge in [0.05, 0.1) is 0 Å². The molecule has 0 unspecified atom stereocenters. The van der Waals surface area contributed by atoms with Gasteiger partial charge in [0.1, 0.15) is 4.32 Å². The maximum absolute atomic E-state index is 5.02. The maximum Gasteiger partial charge on any atom is 0.134 e. The molecule has 1 nitrogen and oxygen atoms in total. The summed E-state index contributed by atoms with van der Waals surface area (Å²) in [4.78, 5) is 0. The van der Waals surface area contributed by atoms with Gasteiger partial charge in [-0.05, 0) is 5.41 Å². The highest BCUT2D eigenvalue weighted by atomic mass is 32.2. The van der Waals surface area contributed by atoms with Crippen LogP contribution in [0.2, 0.25) is 0 Å². The van der Waals surface area contributed by atoms with E-state index in [9.17, 15) is 0 Å². The van der Waals surface area contributed by atoms with Gasteiger partial charge in [0.25, 0.3) is 0 Å². The predicted octanol–water partition coefficient (Wildman–Crippen LogP) is 2.02. The Kier molecular flexibility index (Phi) is 2.25. The lowest BCUT2D eigenvalue weighted by atomic mass is 9.88. The molecule has 1 fully saturated rings. The Morgan fingerprint density at radius 2 is 2.20 bits per heavy atom. The molecular weight excluding hydrogens is 162 g/mol. The Bertz CT molecular complexity index is 148. The Morgan fingerprint density at radius 1 is 1.60 bits per heavy atom. The number of nitrogens with one attached hydrogen (secondary N) is 1. The van der Waals surface area contributed by atoms with Crippen molar-refractivity contribution in [1.29, 1.82) is 0 Å². The molecule has 0 radical (unpaired) electrons. The van der Waals surface area contributed by atoms with Crippen molar-refractivity contribution in [2.45, 2.75) is 26.8 Å². The lowest BCUT2D eigenvalue weighted by Gasteiger charge is -2.25. The number of thioether (sulfide) groups is 1. The minimum atomic E-state index is 0.341. The van der Waals surface area contributed by atoms with E-state index in [0.29, 0.717) is 11.5 Å². The highest BCUT2D eigenvalue weighted by molar-refractivity contribution is 8.23. The Balaban J connectivity index is 2.53. The molecule has 10 heavy (non-hydrogen) atoms. The third-order valence-corrected chi connectivity index (χ3v) is 3.07. The average Bonchev–Trinajstić information content (AvgIpc) is 2.11. The summed E-state index contributed by atoms with van der Waals surface area (Å²) in [7, 11) is 0. The topological polar surface area (TPSA) is 12.0 Å². The molecule has 0 aromatic rings. The van der Waals surface area contributed by atoms with Crippen LogP contribution in [0.25, 0.3) is 0 Å². The van der Waals surface area contributed by atoms with E-state index in [1.807, 2.05) is 0 Å². The van der Waals surface area contributed by atoms with Crippen LogP contribution in [0.3, 0.4) is 0 Å². The van der Waals surface area contributed by atoms with E-state index in [-0.39, 0.29) is 0 Å². The maximum atomic E-state index is 5.02. The van der Waals surface area contributed by atoms with Gasteiger partial charge in [-0.2, -0.15) is 0 Å². The van der Waals surface area contributed by atoms with Crippen molar-refractivity contribution in [3.8, 4) is 0 Å². The normalized spacial score (nSPS) is 26.7. The molecule has 0 amide bonds. The minimum absolute atomic E-state index is 0.341. The molecule has 1 atom stereocenters. The first-order valence-electron chi connectivity index (χ1n) is 3.43. The fraction of sp³-hybridized carbons (Fsp3) is 0.857. The highest BCUT2D eigenvalue weighted by Gasteiger charge is 2.29. The summed E-state index contributed by atoms with van der Waals surface area (Å²) in [6.45, 7) is 6.71. The van der Waals surface area contributed by atoms with Crippen molar-refractivity contribution in [1.82, 2.24) is 5.32 Å². The van der Waals surface area contributed by atoms with Gasteiger partial charge < -0.3 is 5.32 Å². The molecule has 1 heterocycles. The van der Waals surface area contributed by atoms with Crippen molar-refractivity contribution in [2.75, 3.05) is 5.75 Å². The van der Waals surface area contributed by atoms with Crippen LogP contribution in [0.5, 0.6) is 0 Å². The van der Waals surface area contributed by atoms with E-state index >= 15 is 0 Å². The molecule has 58 valence electrons. The first-order valence-corrected chi connectivity index (χ1v) is 4.83. The number of rotatable bonds is 0. The van der Waals surface area contributed by atoms with Crippen LogP contribution < -0.4 is 5.32 Å².